The minimum Gasteiger partial charge on any atom is -0.504 e. The normalized spacial score (nSPS) is 12.9. The summed E-state index contributed by atoms with van der Waals surface area (Å²) in [5.74, 6) is -1.12. The number of fused-ring (bicyclic) bond motifs is 1. The Kier molecular flexibility index (Phi) is 1.51. The van der Waals surface area contributed by atoms with Crippen LogP contribution in [0.5, 0.6) is 17.2 Å². The van der Waals surface area contributed by atoms with Crippen molar-refractivity contribution in [1.29, 1.82) is 0 Å². The van der Waals surface area contributed by atoms with Crippen LogP contribution in [0, 0.1) is 0 Å². The van der Waals surface area contributed by atoms with Gasteiger partial charge in [0.1, 0.15) is 5.56 Å². The van der Waals surface area contributed by atoms with Crippen LogP contribution in [0.2, 0.25) is 0 Å². The van der Waals surface area contributed by atoms with Crippen LogP contribution < -0.4 is 9.47 Å². The third kappa shape index (κ3) is 1.05. The molecule has 0 aromatic heterocycles. The van der Waals surface area contributed by atoms with Crippen molar-refractivity contribution < 1.29 is 24.5 Å². The fourth-order valence-electron chi connectivity index (χ4n) is 1.13. The number of aromatic carboxylic acids is 1. The van der Waals surface area contributed by atoms with Gasteiger partial charge in [0.15, 0.2) is 11.5 Å². The van der Waals surface area contributed by atoms with Gasteiger partial charge in [-0.3, -0.25) is 0 Å². The van der Waals surface area contributed by atoms with Gasteiger partial charge >= 0.3 is 5.97 Å². The largest absolute Gasteiger partial charge is 0.504 e. The second-order valence-corrected chi connectivity index (χ2v) is 2.50. The number of aromatic hydroxyl groups is 1. The van der Waals surface area contributed by atoms with Gasteiger partial charge in [-0.25, -0.2) is 4.79 Å². The minimum atomic E-state index is -1.20. The van der Waals surface area contributed by atoms with E-state index in [9.17, 15) is 9.90 Å². The Bertz CT molecular complexity index is 371. The Hall–Kier alpha value is -1.91. The standard InChI is InChI=1S/C8H6O5/c9-6-4(8(10)11)1-2-5-7(6)13-3-12-5/h1-2,9H,3H2,(H,10,11). The van der Waals surface area contributed by atoms with Crippen molar-refractivity contribution in [3.63, 3.8) is 0 Å². The predicted octanol–water partition coefficient (Wildman–Crippen LogP) is 0.819. The van der Waals surface area contributed by atoms with E-state index in [2.05, 4.69) is 0 Å². The molecule has 0 radical (unpaired) electrons. The van der Waals surface area contributed by atoms with Crippen LogP contribution in [0.3, 0.4) is 0 Å². The second-order valence-electron chi connectivity index (χ2n) is 2.50. The maximum Gasteiger partial charge on any atom is 0.339 e. The number of carboxylic acids is 1. The van der Waals surface area contributed by atoms with E-state index in [0.717, 1.165) is 0 Å². The number of benzene rings is 1. The van der Waals surface area contributed by atoms with Crippen LogP contribution in [-0.2, 0) is 0 Å². The first kappa shape index (κ1) is 7.72. The van der Waals surface area contributed by atoms with Gasteiger partial charge in [0.25, 0.3) is 0 Å². The molecule has 5 heteroatoms. The molecule has 13 heavy (non-hydrogen) atoms. The monoisotopic (exact) mass is 182 g/mol. The highest BCUT2D eigenvalue weighted by molar-refractivity contribution is 5.92. The minimum absolute atomic E-state index is 0.00592. The quantitative estimate of drug-likeness (QED) is 0.672. The Morgan fingerprint density at radius 1 is 1.38 bits per heavy atom. The van der Waals surface area contributed by atoms with Gasteiger partial charge in [-0.1, -0.05) is 0 Å². The van der Waals surface area contributed by atoms with E-state index in [0.29, 0.717) is 5.75 Å². The number of phenols is 1. The number of rotatable bonds is 1. The molecule has 0 bridgehead atoms. The second kappa shape index (κ2) is 2.55. The van der Waals surface area contributed by atoms with E-state index in [1.807, 2.05) is 0 Å². The van der Waals surface area contributed by atoms with Gasteiger partial charge in [0, 0.05) is 0 Å². The average molecular weight is 182 g/mol. The summed E-state index contributed by atoms with van der Waals surface area (Å²) in [6, 6.07) is 2.72. The molecule has 0 fully saturated rings. The van der Waals surface area contributed by atoms with Crippen molar-refractivity contribution in [3.05, 3.63) is 17.7 Å². The molecule has 0 amide bonds. The van der Waals surface area contributed by atoms with Gasteiger partial charge in [-0.05, 0) is 12.1 Å². The summed E-state index contributed by atoms with van der Waals surface area (Å²) in [5.41, 5.74) is -0.191. The van der Waals surface area contributed by atoms with Crippen LogP contribution in [0.4, 0.5) is 0 Å². The molecular formula is C8H6O5. The van der Waals surface area contributed by atoms with E-state index in [-0.39, 0.29) is 23.9 Å². The van der Waals surface area contributed by atoms with Gasteiger partial charge in [0.05, 0.1) is 0 Å². The van der Waals surface area contributed by atoms with Gasteiger partial charge in [-0.2, -0.15) is 0 Å². The van der Waals surface area contributed by atoms with Crippen LogP contribution in [-0.4, -0.2) is 23.0 Å². The van der Waals surface area contributed by atoms with Crippen molar-refractivity contribution in [2.24, 2.45) is 0 Å². The Labute approximate surface area is 73.1 Å². The van der Waals surface area contributed by atoms with Crippen LogP contribution in [0.25, 0.3) is 0 Å². The number of hydrogen-bond donors (Lipinski definition) is 2. The topological polar surface area (TPSA) is 76.0 Å². The molecule has 1 aromatic carbocycles. The lowest BCUT2D eigenvalue weighted by atomic mass is 10.2. The molecule has 1 aliphatic heterocycles. The average Bonchev–Trinajstić information content (AvgIpc) is 2.52. The summed E-state index contributed by atoms with van der Waals surface area (Å²) in [6.45, 7) is 0.00592. The lowest BCUT2D eigenvalue weighted by Crippen LogP contribution is -1.97. The summed E-state index contributed by atoms with van der Waals surface area (Å²) < 4.78 is 9.82. The molecule has 0 atom stereocenters. The molecule has 0 saturated heterocycles. The highest BCUT2D eigenvalue weighted by Crippen LogP contribution is 2.42. The molecule has 1 aromatic rings. The Morgan fingerprint density at radius 2 is 2.15 bits per heavy atom. The van der Waals surface area contributed by atoms with E-state index < -0.39 is 5.97 Å². The van der Waals surface area contributed by atoms with Gasteiger partial charge < -0.3 is 19.7 Å². The van der Waals surface area contributed by atoms with Crippen LogP contribution in [0.15, 0.2) is 12.1 Å². The van der Waals surface area contributed by atoms with Crippen LogP contribution >= 0.6 is 0 Å². The summed E-state index contributed by atoms with van der Waals surface area (Å²) >= 11 is 0. The first-order valence-corrected chi connectivity index (χ1v) is 3.55. The highest BCUT2D eigenvalue weighted by Gasteiger charge is 2.22. The number of carboxylic acid groups (broad SMARTS) is 1. The summed E-state index contributed by atoms with van der Waals surface area (Å²) in [5, 5.41) is 18.0. The Morgan fingerprint density at radius 3 is 2.85 bits per heavy atom. The molecule has 0 aliphatic carbocycles. The predicted molar refractivity (Wildman–Crippen MR) is 41.2 cm³/mol. The number of carbonyl (C=O) groups is 1. The van der Waals surface area contributed by atoms with Gasteiger partial charge in [0.2, 0.25) is 12.5 Å². The molecule has 0 unspecified atom stereocenters. The molecular weight excluding hydrogens is 176 g/mol. The molecule has 1 heterocycles. The van der Waals surface area contributed by atoms with E-state index in [1.54, 1.807) is 0 Å². The number of ether oxygens (including phenoxy) is 2. The molecule has 5 nitrogen and oxygen atoms in total. The fraction of sp³-hybridized carbons (Fsp3) is 0.125. The van der Waals surface area contributed by atoms with Crippen molar-refractivity contribution in [3.8, 4) is 17.2 Å². The summed E-state index contributed by atoms with van der Waals surface area (Å²) in [7, 11) is 0. The molecule has 0 spiro atoms. The third-order valence-electron chi connectivity index (χ3n) is 1.74. The van der Waals surface area contributed by atoms with Crippen LogP contribution in [0.1, 0.15) is 10.4 Å². The van der Waals surface area contributed by atoms with Crippen molar-refractivity contribution >= 4 is 5.97 Å². The first-order chi connectivity index (χ1) is 6.20. The summed E-state index contributed by atoms with van der Waals surface area (Å²) in [4.78, 5) is 10.6. The van der Waals surface area contributed by atoms with Gasteiger partial charge in [-0.15, -0.1) is 0 Å². The highest BCUT2D eigenvalue weighted by atomic mass is 16.7. The van der Waals surface area contributed by atoms with Crippen molar-refractivity contribution in [2.75, 3.05) is 6.79 Å². The SMILES string of the molecule is O=C(O)c1ccc2c(c1O)OCO2. The maximum absolute atomic E-state index is 10.6. The molecule has 0 saturated carbocycles. The first-order valence-electron chi connectivity index (χ1n) is 3.55. The van der Waals surface area contributed by atoms with Crippen molar-refractivity contribution in [1.82, 2.24) is 0 Å². The zero-order valence-electron chi connectivity index (χ0n) is 6.48. The number of hydrogen-bond acceptors (Lipinski definition) is 4. The fourth-order valence-corrected chi connectivity index (χ4v) is 1.13. The van der Waals surface area contributed by atoms with E-state index in [1.165, 1.54) is 12.1 Å². The molecule has 2 rings (SSSR count). The van der Waals surface area contributed by atoms with E-state index in [4.69, 9.17) is 14.6 Å². The molecule has 1 aliphatic rings. The molecule has 2 N–H and O–H groups in total. The summed E-state index contributed by atoms with van der Waals surface area (Å²) in [6.07, 6.45) is 0. The zero-order chi connectivity index (χ0) is 9.42. The molecule has 68 valence electrons. The maximum atomic E-state index is 10.6. The smallest absolute Gasteiger partial charge is 0.339 e. The zero-order valence-corrected chi connectivity index (χ0v) is 6.48. The lowest BCUT2D eigenvalue weighted by molar-refractivity contribution is 0.0693. The van der Waals surface area contributed by atoms with E-state index >= 15 is 0 Å². The Balaban J connectivity index is 2.59. The van der Waals surface area contributed by atoms with Crippen molar-refractivity contribution in [2.45, 2.75) is 0 Å². The third-order valence-corrected chi connectivity index (χ3v) is 1.74. The lowest BCUT2D eigenvalue weighted by Gasteiger charge is -2.01.